The van der Waals surface area contributed by atoms with Gasteiger partial charge in [0.05, 0.1) is 24.5 Å². The first-order valence-electron chi connectivity index (χ1n) is 6.62. The second kappa shape index (κ2) is 7.45. The van der Waals surface area contributed by atoms with Crippen LogP contribution in [0, 0.1) is 17.8 Å². The molecular weight excluding hydrogens is 250 g/mol. The Morgan fingerprint density at radius 3 is 2.53 bits per heavy atom. The Hall–Kier alpha value is -1.14. The smallest absolute Gasteiger partial charge is 0.307 e. The topological polar surface area (TPSA) is 95.9 Å². The van der Waals surface area contributed by atoms with E-state index in [2.05, 4.69) is 5.32 Å². The molecule has 0 aliphatic heterocycles. The molecule has 6 nitrogen and oxygen atoms in total. The summed E-state index contributed by atoms with van der Waals surface area (Å²) in [5.41, 5.74) is 0. The first kappa shape index (κ1) is 15.9. The number of hydrogen-bond donors (Lipinski definition) is 3. The van der Waals surface area contributed by atoms with Crippen molar-refractivity contribution in [3.05, 3.63) is 0 Å². The van der Waals surface area contributed by atoms with Crippen LogP contribution in [0.2, 0.25) is 0 Å². The van der Waals surface area contributed by atoms with Gasteiger partial charge in [-0.15, -0.1) is 0 Å². The molecule has 4 atom stereocenters. The van der Waals surface area contributed by atoms with Gasteiger partial charge >= 0.3 is 5.97 Å². The standard InChI is InChI=1S/C13H23NO5/c1-8-5-10(11(6-8)13(17)18)12(16)14-9(3-4-15)7-19-2/h8-11,15H,3-7H2,1-2H3,(H,14,16)(H,17,18)/t8?,9?,10-,11+/m0/s1. The van der Waals surface area contributed by atoms with Crippen LogP contribution in [0.4, 0.5) is 0 Å². The van der Waals surface area contributed by atoms with Gasteiger partial charge in [0.1, 0.15) is 0 Å². The molecule has 0 aromatic heterocycles. The van der Waals surface area contributed by atoms with E-state index < -0.39 is 17.8 Å². The number of carbonyl (C=O) groups excluding carboxylic acids is 1. The number of carbonyl (C=O) groups is 2. The number of aliphatic carboxylic acids is 1. The molecule has 2 unspecified atom stereocenters. The van der Waals surface area contributed by atoms with Crippen molar-refractivity contribution in [2.24, 2.45) is 17.8 Å². The quantitative estimate of drug-likeness (QED) is 0.618. The SMILES string of the molecule is COCC(CCO)NC(=O)[C@H]1CC(C)C[C@H]1C(=O)O. The molecular formula is C13H23NO5. The molecule has 6 heteroatoms. The molecule has 1 rings (SSSR count). The maximum atomic E-state index is 12.2. The van der Waals surface area contributed by atoms with Gasteiger partial charge in [-0.2, -0.15) is 0 Å². The maximum absolute atomic E-state index is 12.2. The zero-order chi connectivity index (χ0) is 14.4. The Labute approximate surface area is 113 Å². The van der Waals surface area contributed by atoms with Crippen molar-refractivity contribution in [1.29, 1.82) is 0 Å². The van der Waals surface area contributed by atoms with Crippen molar-refractivity contribution in [2.75, 3.05) is 20.3 Å². The lowest BCUT2D eigenvalue weighted by molar-refractivity contribution is -0.146. The van der Waals surface area contributed by atoms with E-state index in [4.69, 9.17) is 14.9 Å². The summed E-state index contributed by atoms with van der Waals surface area (Å²) in [6.07, 6.45) is 1.55. The zero-order valence-electron chi connectivity index (χ0n) is 11.5. The third-order valence-electron chi connectivity index (χ3n) is 3.64. The van der Waals surface area contributed by atoms with Gasteiger partial charge in [0.25, 0.3) is 0 Å². The van der Waals surface area contributed by atoms with E-state index in [1.807, 2.05) is 6.92 Å². The third kappa shape index (κ3) is 4.47. The van der Waals surface area contributed by atoms with Crippen LogP contribution in [0.1, 0.15) is 26.2 Å². The van der Waals surface area contributed by atoms with Gasteiger partial charge in [0.2, 0.25) is 5.91 Å². The van der Waals surface area contributed by atoms with Crippen LogP contribution in [-0.4, -0.2) is 48.5 Å². The van der Waals surface area contributed by atoms with E-state index >= 15 is 0 Å². The molecule has 0 radical (unpaired) electrons. The number of methoxy groups -OCH3 is 1. The van der Waals surface area contributed by atoms with Crippen LogP contribution in [0.3, 0.4) is 0 Å². The lowest BCUT2D eigenvalue weighted by Crippen LogP contribution is -2.43. The molecule has 19 heavy (non-hydrogen) atoms. The number of ether oxygens (including phenoxy) is 1. The van der Waals surface area contributed by atoms with Crippen molar-refractivity contribution in [3.63, 3.8) is 0 Å². The number of nitrogens with one attached hydrogen (secondary N) is 1. The Kier molecular flexibility index (Phi) is 6.24. The zero-order valence-corrected chi connectivity index (χ0v) is 11.5. The average molecular weight is 273 g/mol. The maximum Gasteiger partial charge on any atom is 0.307 e. The summed E-state index contributed by atoms with van der Waals surface area (Å²) in [5.74, 6) is -1.99. The predicted octanol–water partition coefficient (Wildman–Crippen LogP) is 0.247. The highest BCUT2D eigenvalue weighted by molar-refractivity contribution is 5.85. The second-order valence-corrected chi connectivity index (χ2v) is 5.30. The predicted molar refractivity (Wildman–Crippen MR) is 68.5 cm³/mol. The highest BCUT2D eigenvalue weighted by atomic mass is 16.5. The molecule has 1 aliphatic carbocycles. The molecule has 0 spiro atoms. The van der Waals surface area contributed by atoms with Crippen LogP contribution in [-0.2, 0) is 14.3 Å². The summed E-state index contributed by atoms with van der Waals surface area (Å²) in [5, 5.41) is 20.8. The minimum absolute atomic E-state index is 0.0439. The minimum atomic E-state index is -0.907. The largest absolute Gasteiger partial charge is 0.481 e. The fourth-order valence-corrected chi connectivity index (χ4v) is 2.72. The lowest BCUT2D eigenvalue weighted by Gasteiger charge is -2.21. The van der Waals surface area contributed by atoms with Crippen LogP contribution in [0.5, 0.6) is 0 Å². The molecule has 0 saturated heterocycles. The Bertz CT molecular complexity index is 314. The second-order valence-electron chi connectivity index (χ2n) is 5.30. The molecule has 0 bridgehead atoms. The van der Waals surface area contributed by atoms with Crippen molar-refractivity contribution < 1.29 is 24.5 Å². The number of rotatable bonds is 7. The van der Waals surface area contributed by atoms with E-state index in [1.54, 1.807) is 0 Å². The summed E-state index contributed by atoms with van der Waals surface area (Å²) < 4.78 is 4.97. The lowest BCUT2D eigenvalue weighted by atomic mass is 9.95. The van der Waals surface area contributed by atoms with Crippen molar-refractivity contribution in [3.8, 4) is 0 Å². The molecule has 0 aromatic carbocycles. The van der Waals surface area contributed by atoms with Crippen molar-refractivity contribution >= 4 is 11.9 Å². The fourth-order valence-electron chi connectivity index (χ4n) is 2.72. The number of hydrogen-bond acceptors (Lipinski definition) is 4. The molecule has 1 fully saturated rings. The van der Waals surface area contributed by atoms with Gasteiger partial charge in [0.15, 0.2) is 0 Å². The number of carboxylic acid groups (broad SMARTS) is 1. The van der Waals surface area contributed by atoms with Crippen molar-refractivity contribution in [1.82, 2.24) is 5.32 Å². The van der Waals surface area contributed by atoms with Crippen LogP contribution < -0.4 is 5.32 Å². The molecule has 0 heterocycles. The minimum Gasteiger partial charge on any atom is -0.481 e. The van der Waals surface area contributed by atoms with Gasteiger partial charge in [0, 0.05) is 13.7 Å². The number of amides is 1. The Balaban J connectivity index is 2.62. The van der Waals surface area contributed by atoms with Crippen LogP contribution in [0.15, 0.2) is 0 Å². The molecule has 3 N–H and O–H groups in total. The first-order valence-corrected chi connectivity index (χ1v) is 6.62. The highest BCUT2D eigenvalue weighted by Gasteiger charge is 2.41. The van der Waals surface area contributed by atoms with E-state index in [0.717, 1.165) is 0 Å². The summed E-state index contributed by atoms with van der Waals surface area (Å²) >= 11 is 0. The number of aliphatic hydroxyl groups excluding tert-OH is 1. The molecule has 1 saturated carbocycles. The van der Waals surface area contributed by atoms with Gasteiger partial charge in [-0.25, -0.2) is 0 Å². The fraction of sp³-hybridized carbons (Fsp3) is 0.846. The van der Waals surface area contributed by atoms with E-state index in [-0.39, 0.29) is 24.5 Å². The van der Waals surface area contributed by atoms with E-state index in [9.17, 15) is 9.59 Å². The van der Waals surface area contributed by atoms with Gasteiger partial charge < -0.3 is 20.3 Å². The van der Waals surface area contributed by atoms with Crippen LogP contribution in [0.25, 0.3) is 0 Å². The Morgan fingerprint density at radius 2 is 2.00 bits per heavy atom. The summed E-state index contributed by atoms with van der Waals surface area (Å²) in [4.78, 5) is 23.3. The normalized spacial score (nSPS) is 28.1. The molecule has 1 amide bonds. The Morgan fingerprint density at radius 1 is 1.37 bits per heavy atom. The van der Waals surface area contributed by atoms with Gasteiger partial charge in [-0.1, -0.05) is 6.92 Å². The van der Waals surface area contributed by atoms with Crippen molar-refractivity contribution in [2.45, 2.75) is 32.2 Å². The van der Waals surface area contributed by atoms with Crippen LogP contribution >= 0.6 is 0 Å². The van der Waals surface area contributed by atoms with Gasteiger partial charge in [-0.3, -0.25) is 9.59 Å². The molecule has 0 aromatic rings. The molecule has 1 aliphatic rings. The van der Waals surface area contributed by atoms with E-state index in [0.29, 0.717) is 25.9 Å². The monoisotopic (exact) mass is 273 g/mol. The summed E-state index contributed by atoms with van der Waals surface area (Å²) in [6, 6.07) is -0.271. The third-order valence-corrected chi connectivity index (χ3v) is 3.64. The summed E-state index contributed by atoms with van der Waals surface area (Å²) in [7, 11) is 1.52. The average Bonchev–Trinajstić information content (AvgIpc) is 2.72. The number of carboxylic acids is 1. The summed E-state index contributed by atoms with van der Waals surface area (Å²) in [6.45, 7) is 2.23. The van der Waals surface area contributed by atoms with Gasteiger partial charge in [-0.05, 0) is 25.2 Å². The first-order chi connectivity index (χ1) is 8.99. The van der Waals surface area contributed by atoms with E-state index in [1.165, 1.54) is 7.11 Å². The molecule has 110 valence electrons. The number of aliphatic hydroxyl groups is 1. The highest BCUT2D eigenvalue weighted by Crippen LogP contribution is 2.36.